The highest BCUT2D eigenvalue weighted by Crippen LogP contribution is 2.24. The number of anilines is 1. The van der Waals surface area contributed by atoms with Crippen LogP contribution in [0.4, 0.5) is 10.1 Å². The van der Waals surface area contributed by atoms with Crippen LogP contribution < -0.4 is 5.32 Å². The summed E-state index contributed by atoms with van der Waals surface area (Å²) < 4.78 is 12.9. The molecule has 1 heterocycles. The lowest BCUT2D eigenvalue weighted by atomic mass is 10.1. The number of halogens is 1. The number of imidazole rings is 1. The first-order chi connectivity index (χ1) is 12.5. The number of thioether (sulfide) groups is 1. The van der Waals surface area contributed by atoms with Crippen molar-refractivity contribution in [2.45, 2.75) is 30.7 Å². The van der Waals surface area contributed by atoms with Crippen LogP contribution in [0.2, 0.25) is 0 Å². The Morgan fingerprint density at radius 3 is 2.58 bits per heavy atom. The normalized spacial score (nSPS) is 12.0. The number of nitrogens with one attached hydrogen (secondary N) is 2. The molecule has 0 aliphatic heterocycles. The molecule has 1 unspecified atom stereocenters. The van der Waals surface area contributed by atoms with Gasteiger partial charge in [0.05, 0.1) is 10.9 Å². The molecule has 4 nitrogen and oxygen atoms in total. The molecule has 0 radical (unpaired) electrons. The Morgan fingerprint density at radius 1 is 1.19 bits per heavy atom. The molecule has 3 aromatic rings. The first-order valence-electron chi connectivity index (χ1n) is 8.34. The van der Waals surface area contributed by atoms with Crippen LogP contribution in [-0.4, -0.2) is 21.1 Å². The van der Waals surface area contributed by atoms with Gasteiger partial charge in [0.2, 0.25) is 5.91 Å². The van der Waals surface area contributed by atoms with Crippen molar-refractivity contribution >= 4 is 23.4 Å². The van der Waals surface area contributed by atoms with Gasteiger partial charge in [-0.15, -0.1) is 0 Å². The predicted octanol–water partition coefficient (Wildman–Crippen LogP) is 4.57. The average Bonchev–Trinajstić information content (AvgIpc) is 2.97. The molecule has 2 N–H and O–H groups in total. The van der Waals surface area contributed by atoms with Crippen molar-refractivity contribution in [3.05, 3.63) is 77.4 Å². The van der Waals surface area contributed by atoms with Gasteiger partial charge >= 0.3 is 0 Å². The topological polar surface area (TPSA) is 57.8 Å². The van der Waals surface area contributed by atoms with E-state index in [9.17, 15) is 9.18 Å². The molecule has 3 rings (SSSR count). The summed E-state index contributed by atoms with van der Waals surface area (Å²) in [6.45, 7) is 3.80. The van der Waals surface area contributed by atoms with Crippen molar-refractivity contribution in [2.24, 2.45) is 0 Å². The average molecular weight is 369 g/mol. The number of carbonyl (C=O) groups is 1. The van der Waals surface area contributed by atoms with Gasteiger partial charge in [0.15, 0.2) is 5.16 Å². The van der Waals surface area contributed by atoms with E-state index in [4.69, 9.17) is 0 Å². The van der Waals surface area contributed by atoms with E-state index in [1.165, 1.54) is 29.5 Å². The molecule has 134 valence electrons. The van der Waals surface area contributed by atoms with E-state index in [1.807, 2.05) is 32.0 Å². The van der Waals surface area contributed by atoms with Gasteiger partial charge in [0.1, 0.15) is 5.82 Å². The number of aromatic amines is 1. The molecule has 0 saturated heterocycles. The molecule has 1 atom stereocenters. The molecule has 0 aliphatic carbocycles. The number of rotatable bonds is 6. The van der Waals surface area contributed by atoms with Gasteiger partial charge < -0.3 is 10.3 Å². The van der Waals surface area contributed by atoms with Crippen LogP contribution >= 0.6 is 11.8 Å². The van der Waals surface area contributed by atoms with E-state index < -0.39 is 0 Å². The van der Waals surface area contributed by atoms with Gasteiger partial charge in [0, 0.05) is 17.8 Å². The summed E-state index contributed by atoms with van der Waals surface area (Å²) in [5.41, 5.74) is 3.75. The van der Waals surface area contributed by atoms with E-state index in [1.54, 1.807) is 12.1 Å². The van der Waals surface area contributed by atoms with E-state index >= 15 is 0 Å². The first kappa shape index (κ1) is 18.2. The molecule has 0 aliphatic rings. The quantitative estimate of drug-likeness (QED) is 0.626. The molecule has 0 fully saturated rings. The lowest BCUT2D eigenvalue weighted by molar-refractivity contribution is -0.115. The summed E-state index contributed by atoms with van der Waals surface area (Å²) in [5.74, 6) is -0.484. The summed E-state index contributed by atoms with van der Waals surface area (Å²) in [4.78, 5) is 20.2. The highest BCUT2D eigenvalue weighted by atomic mass is 32.2. The third-order valence-corrected chi connectivity index (χ3v) is 4.93. The standard InChI is InChI=1S/C20H20FN3OS/c1-13-18(12-15-6-4-3-5-7-15)24-20(22-13)26-14(2)19(25)23-17-10-8-16(21)9-11-17/h3-11,14H,12H2,1-2H3,(H,22,24)(H,23,25). The summed E-state index contributed by atoms with van der Waals surface area (Å²) in [5, 5.41) is 3.16. The second-order valence-corrected chi connectivity index (χ2v) is 7.36. The molecule has 6 heteroatoms. The zero-order valence-corrected chi connectivity index (χ0v) is 15.4. The zero-order chi connectivity index (χ0) is 18.5. The first-order valence-corrected chi connectivity index (χ1v) is 9.21. The largest absolute Gasteiger partial charge is 0.337 e. The number of nitrogens with zero attached hydrogens (tertiary/aromatic N) is 1. The van der Waals surface area contributed by atoms with Gasteiger partial charge in [-0.05, 0) is 43.7 Å². The SMILES string of the molecule is Cc1[nH]c(SC(C)C(=O)Nc2ccc(F)cc2)nc1Cc1ccccc1. The van der Waals surface area contributed by atoms with Gasteiger partial charge in [-0.3, -0.25) is 4.79 Å². The third kappa shape index (κ3) is 4.73. The van der Waals surface area contributed by atoms with E-state index in [2.05, 4.69) is 27.4 Å². The summed E-state index contributed by atoms with van der Waals surface area (Å²) in [6.07, 6.45) is 0.750. The van der Waals surface area contributed by atoms with Crippen LogP contribution in [0.25, 0.3) is 0 Å². The van der Waals surface area contributed by atoms with Crippen LogP contribution in [0.15, 0.2) is 59.8 Å². The van der Waals surface area contributed by atoms with Crippen molar-refractivity contribution in [2.75, 3.05) is 5.32 Å². The number of hydrogen-bond acceptors (Lipinski definition) is 3. The summed E-state index contributed by atoms with van der Waals surface area (Å²) in [6, 6.07) is 15.9. The van der Waals surface area contributed by atoms with E-state index in [0.717, 1.165) is 23.0 Å². The van der Waals surface area contributed by atoms with Crippen molar-refractivity contribution in [3.63, 3.8) is 0 Å². The van der Waals surface area contributed by atoms with Crippen LogP contribution in [0.5, 0.6) is 0 Å². The van der Waals surface area contributed by atoms with Crippen molar-refractivity contribution in [3.8, 4) is 0 Å². The smallest absolute Gasteiger partial charge is 0.237 e. The Morgan fingerprint density at radius 2 is 1.88 bits per heavy atom. The second kappa shape index (κ2) is 8.19. The Bertz CT molecular complexity index is 878. The molecular weight excluding hydrogens is 349 g/mol. The fraction of sp³-hybridized carbons (Fsp3) is 0.200. The number of H-pyrrole nitrogens is 1. The summed E-state index contributed by atoms with van der Waals surface area (Å²) >= 11 is 1.37. The maximum absolute atomic E-state index is 12.9. The molecule has 1 amide bonds. The monoisotopic (exact) mass is 369 g/mol. The Balaban J connectivity index is 1.62. The Hall–Kier alpha value is -2.60. The molecule has 0 saturated carbocycles. The van der Waals surface area contributed by atoms with Gasteiger partial charge in [0.25, 0.3) is 0 Å². The fourth-order valence-corrected chi connectivity index (χ4v) is 3.36. The lowest BCUT2D eigenvalue weighted by Crippen LogP contribution is -2.22. The summed E-state index contributed by atoms with van der Waals surface area (Å²) in [7, 11) is 0. The molecule has 2 aromatic carbocycles. The maximum atomic E-state index is 12.9. The second-order valence-electron chi connectivity index (χ2n) is 6.03. The van der Waals surface area contributed by atoms with Gasteiger partial charge in [-0.2, -0.15) is 0 Å². The van der Waals surface area contributed by atoms with Gasteiger partial charge in [-0.1, -0.05) is 42.1 Å². The van der Waals surface area contributed by atoms with Crippen LogP contribution in [-0.2, 0) is 11.2 Å². The van der Waals surface area contributed by atoms with Gasteiger partial charge in [-0.25, -0.2) is 9.37 Å². The third-order valence-electron chi connectivity index (χ3n) is 3.95. The fourth-order valence-electron chi connectivity index (χ4n) is 2.48. The Labute approximate surface area is 156 Å². The number of benzene rings is 2. The minimum atomic E-state index is -0.338. The molecule has 1 aromatic heterocycles. The van der Waals surface area contributed by atoms with E-state index in [-0.39, 0.29) is 17.0 Å². The molecule has 0 spiro atoms. The number of amides is 1. The zero-order valence-electron chi connectivity index (χ0n) is 14.6. The van der Waals surface area contributed by atoms with E-state index in [0.29, 0.717) is 5.69 Å². The maximum Gasteiger partial charge on any atom is 0.237 e. The van der Waals surface area contributed by atoms with Crippen molar-refractivity contribution in [1.29, 1.82) is 0 Å². The number of aromatic nitrogens is 2. The Kier molecular flexibility index (Phi) is 5.73. The molecule has 0 bridgehead atoms. The molecular formula is C20H20FN3OS. The van der Waals surface area contributed by atoms with Crippen LogP contribution in [0.3, 0.4) is 0 Å². The van der Waals surface area contributed by atoms with Crippen LogP contribution in [0.1, 0.15) is 23.9 Å². The molecule has 26 heavy (non-hydrogen) atoms. The minimum Gasteiger partial charge on any atom is -0.337 e. The number of carbonyl (C=O) groups excluding carboxylic acids is 1. The highest BCUT2D eigenvalue weighted by Gasteiger charge is 2.17. The highest BCUT2D eigenvalue weighted by molar-refractivity contribution is 8.00. The number of hydrogen-bond donors (Lipinski definition) is 2. The minimum absolute atomic E-state index is 0.153. The van der Waals surface area contributed by atoms with Crippen molar-refractivity contribution in [1.82, 2.24) is 9.97 Å². The predicted molar refractivity (Wildman–Crippen MR) is 103 cm³/mol. The van der Waals surface area contributed by atoms with Crippen molar-refractivity contribution < 1.29 is 9.18 Å². The lowest BCUT2D eigenvalue weighted by Gasteiger charge is -2.10. The number of aryl methyl sites for hydroxylation is 1. The van der Waals surface area contributed by atoms with Crippen LogP contribution in [0, 0.1) is 12.7 Å².